The Labute approximate surface area is 196 Å². The molecule has 34 heavy (non-hydrogen) atoms. The molecule has 1 aromatic carbocycles. The van der Waals surface area contributed by atoms with Gasteiger partial charge in [-0.1, -0.05) is 18.2 Å². The van der Waals surface area contributed by atoms with E-state index in [-0.39, 0.29) is 19.8 Å². The topological polar surface area (TPSA) is 159 Å². The monoisotopic (exact) mass is 474 g/mol. The number of hydrogen-bond acceptors (Lipinski definition) is 9. The summed E-state index contributed by atoms with van der Waals surface area (Å²) in [6.45, 7) is 2.95. The first kappa shape index (κ1) is 27.6. The first-order valence-corrected chi connectivity index (χ1v) is 10.1. The van der Waals surface area contributed by atoms with Crippen LogP contribution in [0.15, 0.2) is 54.9 Å². The second-order valence-electron chi connectivity index (χ2n) is 6.14. The number of carbonyl (C=O) groups excluding carboxylic acids is 3. The van der Waals surface area contributed by atoms with Gasteiger partial charge in [0.05, 0.1) is 19.6 Å². The molecule has 2 aromatic rings. The van der Waals surface area contributed by atoms with Gasteiger partial charge >= 0.3 is 18.3 Å². The molecule has 0 atom stereocenters. The third-order valence-corrected chi connectivity index (χ3v) is 3.81. The van der Waals surface area contributed by atoms with E-state index in [1.54, 1.807) is 68.7 Å². The van der Waals surface area contributed by atoms with Crippen molar-refractivity contribution in [3.05, 3.63) is 54.9 Å². The minimum Gasteiger partial charge on any atom is -0.480 e. The molecule has 0 spiro atoms. The second kappa shape index (κ2) is 15.3. The molecule has 0 aliphatic carbocycles. The predicted molar refractivity (Wildman–Crippen MR) is 122 cm³/mol. The van der Waals surface area contributed by atoms with E-state index < -0.39 is 30.7 Å². The average Bonchev–Trinajstić information content (AvgIpc) is 2.82. The van der Waals surface area contributed by atoms with Crippen molar-refractivity contribution in [3.63, 3.8) is 0 Å². The summed E-state index contributed by atoms with van der Waals surface area (Å²) in [5, 5.41) is 16.5. The van der Waals surface area contributed by atoms with Crippen LogP contribution < -0.4 is 9.80 Å². The summed E-state index contributed by atoms with van der Waals surface area (Å²) in [5.74, 6) is -1.52. The van der Waals surface area contributed by atoms with Crippen LogP contribution in [0.3, 0.4) is 0 Å². The Kier molecular flexibility index (Phi) is 12.4. The summed E-state index contributed by atoms with van der Waals surface area (Å²) >= 11 is 0. The van der Waals surface area contributed by atoms with Crippen LogP contribution in [0.4, 0.5) is 21.0 Å². The molecule has 1 amide bonds. The first-order chi connectivity index (χ1) is 16.3. The van der Waals surface area contributed by atoms with Crippen LogP contribution in [-0.4, -0.2) is 66.9 Å². The molecule has 0 saturated carbocycles. The lowest BCUT2D eigenvalue weighted by molar-refractivity contribution is -0.136. The maximum Gasteiger partial charge on any atom is 0.518 e. The number of para-hydroxylation sites is 1. The number of ether oxygens (including phenoxy) is 3. The number of anilines is 2. The number of carboxylic acid groups (broad SMARTS) is 1. The van der Waals surface area contributed by atoms with Crippen LogP contribution in [0, 0.1) is 5.41 Å². The minimum atomic E-state index is -1.10. The van der Waals surface area contributed by atoms with Gasteiger partial charge in [-0.3, -0.25) is 24.9 Å². The van der Waals surface area contributed by atoms with Gasteiger partial charge in [-0.05, 0) is 38.1 Å². The van der Waals surface area contributed by atoms with Gasteiger partial charge in [0.2, 0.25) is 5.91 Å². The molecule has 182 valence electrons. The van der Waals surface area contributed by atoms with Crippen LogP contribution in [0.1, 0.15) is 13.8 Å². The number of aromatic nitrogens is 1. The summed E-state index contributed by atoms with van der Waals surface area (Å²) in [7, 11) is 0. The number of carboxylic acids is 1. The van der Waals surface area contributed by atoms with Crippen LogP contribution in [0.5, 0.6) is 0 Å². The number of hydrogen-bond donors (Lipinski definition) is 2. The van der Waals surface area contributed by atoms with Gasteiger partial charge in [0.25, 0.3) is 0 Å². The highest BCUT2D eigenvalue weighted by Gasteiger charge is 2.21. The molecule has 0 radical (unpaired) electrons. The van der Waals surface area contributed by atoms with Gasteiger partial charge in [0.1, 0.15) is 13.1 Å². The fourth-order valence-electron chi connectivity index (χ4n) is 2.41. The summed E-state index contributed by atoms with van der Waals surface area (Å²) in [5.41, 5.74) is 1.13. The molecule has 1 heterocycles. The Balaban J connectivity index is 0.000000445. The molecule has 2 rings (SSSR count). The van der Waals surface area contributed by atoms with Crippen LogP contribution >= 0.6 is 0 Å². The fourth-order valence-corrected chi connectivity index (χ4v) is 2.41. The van der Waals surface area contributed by atoms with Crippen molar-refractivity contribution < 1.29 is 38.5 Å². The van der Waals surface area contributed by atoms with Crippen LogP contribution in [-0.2, 0) is 23.8 Å². The van der Waals surface area contributed by atoms with Crippen molar-refractivity contribution in [2.75, 3.05) is 36.1 Å². The Hall–Kier alpha value is -4.48. The zero-order valence-electron chi connectivity index (χ0n) is 18.7. The van der Waals surface area contributed by atoms with Crippen LogP contribution in [0.2, 0.25) is 0 Å². The zero-order chi connectivity index (χ0) is 25.3. The number of benzene rings is 1. The lowest BCUT2D eigenvalue weighted by Crippen LogP contribution is -2.42. The minimum absolute atomic E-state index is 0.143. The third-order valence-electron chi connectivity index (χ3n) is 3.81. The number of aliphatic carboxylic acids is 1. The Morgan fingerprint density at radius 2 is 1.47 bits per heavy atom. The fraction of sp³-hybridized carbons (Fsp3) is 0.273. The molecule has 0 unspecified atom stereocenters. The summed E-state index contributed by atoms with van der Waals surface area (Å²) in [6.07, 6.45) is 2.07. The Morgan fingerprint density at radius 1 is 0.912 bits per heavy atom. The van der Waals surface area contributed by atoms with Gasteiger partial charge in [-0.15, -0.1) is 0 Å². The lowest BCUT2D eigenvalue weighted by atomic mass is 10.2. The number of nitrogens with zero attached hydrogens (tertiary/aromatic N) is 3. The first-order valence-electron chi connectivity index (χ1n) is 10.1. The van der Waals surface area contributed by atoms with E-state index in [1.165, 1.54) is 9.80 Å². The molecular weight excluding hydrogens is 448 g/mol. The normalized spacial score (nSPS) is 9.47. The average molecular weight is 474 g/mol. The van der Waals surface area contributed by atoms with E-state index in [0.29, 0.717) is 11.4 Å². The van der Waals surface area contributed by atoms with Crippen molar-refractivity contribution in [2.45, 2.75) is 13.8 Å². The van der Waals surface area contributed by atoms with Gasteiger partial charge < -0.3 is 24.2 Å². The van der Waals surface area contributed by atoms with Crippen molar-refractivity contribution >= 4 is 41.9 Å². The highest BCUT2D eigenvalue weighted by Crippen LogP contribution is 2.15. The lowest BCUT2D eigenvalue weighted by Gasteiger charge is -2.25. The van der Waals surface area contributed by atoms with Gasteiger partial charge in [0, 0.05) is 23.8 Å². The molecule has 1 aromatic heterocycles. The summed E-state index contributed by atoms with van der Waals surface area (Å²) < 4.78 is 12.6. The number of nitrogens with one attached hydrogen (secondary N) is 1. The standard InChI is InChI=1S/C16H16N4O3.C6H10O5/c17-12-19(13-6-8-18-9-7-13)10-15(21)20(11-16(22)23)14-4-2-1-3-5-14;1-3-9-5(7)11-6(8)10-4-2/h1-9,12,17H,10-11H2,(H,22,23);3-4H2,1-2H3. The molecule has 12 nitrogen and oxygen atoms in total. The molecule has 0 bridgehead atoms. The molecule has 0 fully saturated rings. The van der Waals surface area contributed by atoms with Gasteiger partial charge in [0.15, 0.2) is 0 Å². The highest BCUT2D eigenvalue weighted by molar-refractivity contribution is 6.02. The van der Waals surface area contributed by atoms with E-state index in [4.69, 9.17) is 10.5 Å². The van der Waals surface area contributed by atoms with E-state index in [1.807, 2.05) is 0 Å². The molecule has 0 aliphatic rings. The van der Waals surface area contributed by atoms with E-state index in [2.05, 4.69) is 19.2 Å². The molecule has 0 saturated heterocycles. The maximum atomic E-state index is 12.5. The Bertz CT molecular complexity index is 924. The van der Waals surface area contributed by atoms with E-state index >= 15 is 0 Å². The number of pyridine rings is 1. The molecule has 2 N–H and O–H groups in total. The zero-order valence-corrected chi connectivity index (χ0v) is 18.7. The highest BCUT2D eigenvalue weighted by atomic mass is 16.8. The molecule has 0 aliphatic heterocycles. The quantitative estimate of drug-likeness (QED) is 0.239. The third kappa shape index (κ3) is 10.2. The van der Waals surface area contributed by atoms with Gasteiger partial charge in [-0.2, -0.15) is 0 Å². The summed E-state index contributed by atoms with van der Waals surface area (Å²) in [4.78, 5) is 50.8. The molecular formula is C22H26N4O8. The van der Waals surface area contributed by atoms with E-state index in [9.17, 15) is 19.2 Å². The number of carbonyl (C=O) groups is 4. The number of rotatable bonds is 9. The van der Waals surface area contributed by atoms with E-state index in [0.717, 1.165) is 6.34 Å². The predicted octanol–water partition coefficient (Wildman–Crippen LogP) is 2.93. The van der Waals surface area contributed by atoms with Gasteiger partial charge in [-0.25, -0.2) is 9.59 Å². The van der Waals surface area contributed by atoms with Crippen molar-refractivity contribution in [2.24, 2.45) is 0 Å². The largest absolute Gasteiger partial charge is 0.518 e. The maximum absolute atomic E-state index is 12.5. The van der Waals surface area contributed by atoms with Crippen LogP contribution in [0.25, 0.3) is 0 Å². The smallest absolute Gasteiger partial charge is 0.480 e. The van der Waals surface area contributed by atoms with Crippen molar-refractivity contribution in [3.8, 4) is 0 Å². The van der Waals surface area contributed by atoms with Crippen molar-refractivity contribution in [1.82, 2.24) is 4.98 Å². The molecule has 12 heteroatoms. The summed E-state index contributed by atoms with van der Waals surface area (Å²) in [6, 6.07) is 11.9. The number of amides is 1. The SMILES string of the molecule is CCOC(=O)OC(=O)OCC.N=CN(CC(=O)N(CC(=O)O)c1ccccc1)c1ccncc1. The second-order valence-corrected chi connectivity index (χ2v) is 6.14. The Morgan fingerprint density at radius 3 is 1.94 bits per heavy atom. The van der Waals surface area contributed by atoms with Crippen molar-refractivity contribution in [1.29, 1.82) is 5.41 Å².